The maximum atomic E-state index is 14.8. The van der Waals surface area contributed by atoms with Gasteiger partial charge in [0.2, 0.25) is 0 Å². The quantitative estimate of drug-likeness (QED) is 0.585. The minimum atomic E-state index is -0.436. The molecule has 5 nitrogen and oxygen atoms in total. The molecule has 2 aromatic heterocycles. The smallest absolute Gasteiger partial charge is 0.263 e. The van der Waals surface area contributed by atoms with Crippen molar-refractivity contribution >= 4 is 38.8 Å². The molecule has 1 saturated carbocycles. The minimum Gasteiger partial charge on any atom is -0.397 e. The summed E-state index contributed by atoms with van der Waals surface area (Å²) in [6, 6.07) is 6.28. The first-order valence-corrected chi connectivity index (χ1v) is 11.9. The van der Waals surface area contributed by atoms with Gasteiger partial charge in [0.1, 0.15) is 21.3 Å². The van der Waals surface area contributed by atoms with Crippen LogP contribution in [0.2, 0.25) is 0 Å². The maximum absolute atomic E-state index is 14.8. The zero-order valence-electron chi connectivity index (χ0n) is 18.0. The number of nitrogen functional groups attached to an aromatic ring is 1. The second-order valence-corrected chi connectivity index (χ2v) is 9.91. The summed E-state index contributed by atoms with van der Waals surface area (Å²) < 4.78 is 29.5. The number of hydrogen-bond donors (Lipinski definition) is 2. The number of carbonyl (C=O) groups excluding carboxylic acids is 1. The Kier molecular flexibility index (Phi) is 5.49. The lowest BCUT2D eigenvalue weighted by molar-refractivity contribution is 0.0959. The second-order valence-electron chi connectivity index (χ2n) is 8.91. The summed E-state index contributed by atoms with van der Waals surface area (Å²) in [6.07, 6.45) is 3.81. The third-order valence-corrected chi connectivity index (χ3v) is 7.92. The highest BCUT2D eigenvalue weighted by molar-refractivity contribution is 7.21. The van der Waals surface area contributed by atoms with E-state index in [0.717, 1.165) is 24.2 Å². The number of rotatable bonds is 5. The zero-order valence-corrected chi connectivity index (χ0v) is 18.8. The van der Waals surface area contributed by atoms with Crippen LogP contribution in [0.5, 0.6) is 0 Å². The topological polar surface area (TPSA) is 71.2 Å². The Morgan fingerprint density at radius 2 is 1.97 bits per heavy atom. The van der Waals surface area contributed by atoms with Gasteiger partial charge in [-0.2, -0.15) is 0 Å². The normalized spacial score (nSPS) is 20.2. The molecule has 1 saturated heterocycles. The summed E-state index contributed by atoms with van der Waals surface area (Å²) in [4.78, 5) is 20.1. The van der Waals surface area contributed by atoms with Gasteiger partial charge in [-0.3, -0.25) is 4.79 Å². The van der Waals surface area contributed by atoms with E-state index in [9.17, 15) is 13.6 Å². The van der Waals surface area contributed by atoms with Gasteiger partial charge in [-0.1, -0.05) is 6.42 Å². The number of benzene rings is 1. The van der Waals surface area contributed by atoms with Crippen molar-refractivity contribution in [3.05, 3.63) is 52.0 Å². The minimum absolute atomic E-state index is 0.183. The van der Waals surface area contributed by atoms with Gasteiger partial charge < -0.3 is 16.0 Å². The van der Waals surface area contributed by atoms with Crippen LogP contribution in [0.25, 0.3) is 10.2 Å². The number of nitrogens with zero attached hydrogens (tertiary/aromatic N) is 2. The fourth-order valence-electron chi connectivity index (χ4n) is 5.09. The number of nitrogens with two attached hydrogens (primary N) is 1. The molecule has 3 heterocycles. The van der Waals surface area contributed by atoms with Crippen molar-refractivity contribution in [3.63, 3.8) is 0 Å². The predicted molar refractivity (Wildman–Crippen MR) is 124 cm³/mol. The molecule has 1 aliphatic heterocycles. The lowest BCUT2D eigenvalue weighted by atomic mass is 10.0. The number of fused-ring (bicyclic) bond motifs is 2. The van der Waals surface area contributed by atoms with Crippen LogP contribution in [0.1, 0.15) is 40.2 Å². The second kappa shape index (κ2) is 8.31. The van der Waals surface area contributed by atoms with E-state index in [2.05, 4.69) is 10.3 Å². The summed E-state index contributed by atoms with van der Waals surface area (Å²) in [5.74, 6) is 0.0431. The highest BCUT2D eigenvalue weighted by Gasteiger charge is 2.37. The summed E-state index contributed by atoms with van der Waals surface area (Å²) >= 11 is 1.23. The predicted octanol–water partition coefficient (Wildman–Crippen LogP) is 4.67. The molecule has 0 bridgehead atoms. The Balaban J connectivity index is 1.24. The molecule has 1 amide bonds. The van der Waals surface area contributed by atoms with Crippen LogP contribution < -0.4 is 16.0 Å². The number of amides is 1. The summed E-state index contributed by atoms with van der Waals surface area (Å²) in [7, 11) is 0. The van der Waals surface area contributed by atoms with Gasteiger partial charge in [0.05, 0.1) is 11.4 Å². The lowest BCUT2D eigenvalue weighted by Gasteiger charge is -2.21. The van der Waals surface area contributed by atoms with Crippen LogP contribution in [0.4, 0.5) is 20.2 Å². The number of pyridine rings is 1. The number of halogens is 2. The molecule has 1 aromatic carbocycles. The van der Waals surface area contributed by atoms with Crippen molar-refractivity contribution in [2.45, 2.75) is 32.6 Å². The molecule has 3 N–H and O–H groups in total. The first-order valence-electron chi connectivity index (χ1n) is 11.1. The van der Waals surface area contributed by atoms with Gasteiger partial charge in [-0.15, -0.1) is 11.3 Å². The van der Waals surface area contributed by atoms with Crippen molar-refractivity contribution in [3.8, 4) is 0 Å². The van der Waals surface area contributed by atoms with Crippen molar-refractivity contribution in [1.29, 1.82) is 0 Å². The molecule has 8 heteroatoms. The van der Waals surface area contributed by atoms with Crippen LogP contribution in [-0.4, -0.2) is 30.5 Å². The molecule has 2 aliphatic rings. The molecule has 2 unspecified atom stereocenters. The Hall–Kier alpha value is -2.74. The van der Waals surface area contributed by atoms with Gasteiger partial charge in [0.25, 0.3) is 5.91 Å². The van der Waals surface area contributed by atoms with E-state index in [0.29, 0.717) is 32.9 Å². The largest absolute Gasteiger partial charge is 0.397 e. The Bertz CT molecular complexity index is 1180. The lowest BCUT2D eigenvalue weighted by Crippen LogP contribution is -2.26. The van der Waals surface area contributed by atoms with E-state index < -0.39 is 11.6 Å². The van der Waals surface area contributed by atoms with E-state index in [-0.39, 0.29) is 24.4 Å². The van der Waals surface area contributed by atoms with Gasteiger partial charge in [0.15, 0.2) is 0 Å². The number of nitrogens with one attached hydrogen (secondary N) is 1. The third kappa shape index (κ3) is 3.81. The molecule has 168 valence electrons. The van der Waals surface area contributed by atoms with Crippen LogP contribution in [0, 0.1) is 30.4 Å². The third-order valence-electron chi connectivity index (χ3n) is 6.80. The summed E-state index contributed by atoms with van der Waals surface area (Å²) in [6.45, 7) is 3.68. The fraction of sp³-hybridized carbons (Fsp3) is 0.417. The average Bonchev–Trinajstić information content (AvgIpc) is 3.44. The Morgan fingerprint density at radius 1 is 1.22 bits per heavy atom. The summed E-state index contributed by atoms with van der Waals surface area (Å²) in [5, 5.41) is 3.52. The van der Waals surface area contributed by atoms with Crippen molar-refractivity contribution < 1.29 is 13.6 Å². The van der Waals surface area contributed by atoms with E-state index in [1.54, 1.807) is 0 Å². The van der Waals surface area contributed by atoms with Crippen LogP contribution in [-0.2, 0) is 6.42 Å². The molecule has 1 aliphatic carbocycles. The van der Waals surface area contributed by atoms with Gasteiger partial charge in [0, 0.05) is 36.8 Å². The highest BCUT2D eigenvalue weighted by atomic mass is 32.1. The number of aromatic nitrogens is 1. The van der Waals surface area contributed by atoms with Crippen LogP contribution in [0.3, 0.4) is 0 Å². The number of carbonyl (C=O) groups is 1. The first kappa shape index (κ1) is 21.1. The van der Waals surface area contributed by atoms with E-state index in [1.807, 2.05) is 24.0 Å². The molecule has 2 atom stereocenters. The number of thiophene rings is 1. The summed E-state index contributed by atoms with van der Waals surface area (Å²) in [5.41, 5.74) is 7.98. The maximum Gasteiger partial charge on any atom is 0.263 e. The number of anilines is 2. The average molecular weight is 457 g/mol. The molecule has 32 heavy (non-hydrogen) atoms. The van der Waals surface area contributed by atoms with E-state index in [4.69, 9.17) is 5.73 Å². The standard InChI is InChI=1S/C24H26F2N4OS/c1-13-5-6-17-21(27)22(32-24(17)29-13)23(31)28-8-7-14-9-19(26)20(10-18(14)25)30-11-15-3-2-4-16(15)12-30/h5-6,9-10,15-16H,2-4,7-8,11-12,27H2,1H3,(H,28,31). The molecule has 3 aromatic rings. The Labute approximate surface area is 189 Å². The van der Waals surface area contributed by atoms with Crippen LogP contribution >= 0.6 is 11.3 Å². The van der Waals surface area contributed by atoms with E-state index in [1.165, 1.54) is 42.7 Å². The number of hydrogen-bond acceptors (Lipinski definition) is 5. The SMILES string of the molecule is Cc1ccc2c(N)c(C(=O)NCCc3cc(F)c(N4CC5CCCC5C4)cc3F)sc2n1. The van der Waals surface area contributed by atoms with Crippen molar-refractivity contribution in [2.75, 3.05) is 30.3 Å². The monoisotopic (exact) mass is 456 g/mol. The van der Waals surface area contributed by atoms with Crippen LogP contribution in [0.15, 0.2) is 24.3 Å². The van der Waals surface area contributed by atoms with Gasteiger partial charge in [-0.25, -0.2) is 13.8 Å². The number of aryl methyl sites for hydroxylation is 1. The molecule has 0 spiro atoms. The van der Waals surface area contributed by atoms with Gasteiger partial charge >= 0.3 is 0 Å². The Morgan fingerprint density at radius 3 is 2.72 bits per heavy atom. The molecule has 2 fully saturated rings. The van der Waals surface area contributed by atoms with Crippen molar-refractivity contribution in [2.24, 2.45) is 11.8 Å². The zero-order chi connectivity index (χ0) is 22.4. The molecule has 5 rings (SSSR count). The van der Waals surface area contributed by atoms with Crippen molar-refractivity contribution in [1.82, 2.24) is 10.3 Å². The highest BCUT2D eigenvalue weighted by Crippen LogP contribution is 2.40. The molecule has 0 radical (unpaired) electrons. The van der Waals surface area contributed by atoms with E-state index >= 15 is 0 Å². The first-order chi connectivity index (χ1) is 15.4. The van der Waals surface area contributed by atoms with Gasteiger partial charge in [-0.05, 0) is 61.8 Å². The molecular weight excluding hydrogens is 430 g/mol. The fourth-order valence-corrected chi connectivity index (χ4v) is 6.15. The molecular formula is C24H26F2N4OS.